The number of carbonyl (C=O) groups excluding carboxylic acids is 2. The number of amides is 1. The number of thioether (sulfide) groups is 1. The standard InChI is InChI=1S/C13H21NO3S/c1-6-7-9-10(11(16)17-5)14(8-15)12(18-9)13(2,3)4/h6,8-10,12H,1,7H2,2-5H3/t9?,10-,12+/m0/s1. The summed E-state index contributed by atoms with van der Waals surface area (Å²) in [5, 5.41) is -0.00609. The smallest absolute Gasteiger partial charge is 0.329 e. The third kappa shape index (κ3) is 2.88. The van der Waals surface area contributed by atoms with E-state index in [9.17, 15) is 9.59 Å². The molecule has 0 aromatic carbocycles. The van der Waals surface area contributed by atoms with Crippen LogP contribution in [0, 0.1) is 5.41 Å². The number of esters is 1. The number of carbonyl (C=O) groups is 2. The summed E-state index contributed by atoms with van der Waals surface area (Å²) in [5.41, 5.74) is -0.0895. The van der Waals surface area contributed by atoms with Gasteiger partial charge < -0.3 is 9.64 Å². The summed E-state index contributed by atoms with van der Waals surface area (Å²) < 4.78 is 4.82. The minimum atomic E-state index is -0.514. The average molecular weight is 271 g/mol. The molecule has 1 unspecified atom stereocenters. The Bertz CT molecular complexity index is 338. The van der Waals surface area contributed by atoms with Gasteiger partial charge in [-0.1, -0.05) is 26.8 Å². The quantitative estimate of drug-likeness (QED) is 0.446. The predicted molar refractivity (Wildman–Crippen MR) is 73.1 cm³/mol. The van der Waals surface area contributed by atoms with Crippen LogP contribution < -0.4 is 0 Å². The molecule has 4 nitrogen and oxygen atoms in total. The van der Waals surface area contributed by atoms with Crippen LogP contribution in [0.1, 0.15) is 27.2 Å². The Kier molecular flexibility index (Phi) is 4.85. The van der Waals surface area contributed by atoms with Gasteiger partial charge in [0.1, 0.15) is 6.04 Å². The van der Waals surface area contributed by atoms with E-state index in [2.05, 4.69) is 27.4 Å². The molecule has 1 aliphatic rings. The number of hydrogen-bond acceptors (Lipinski definition) is 4. The van der Waals surface area contributed by atoms with Gasteiger partial charge >= 0.3 is 5.97 Å². The molecule has 0 saturated carbocycles. The van der Waals surface area contributed by atoms with Gasteiger partial charge in [0.15, 0.2) is 0 Å². The largest absolute Gasteiger partial charge is 0.467 e. The highest BCUT2D eigenvalue weighted by atomic mass is 32.2. The van der Waals surface area contributed by atoms with Crippen LogP contribution in [-0.2, 0) is 14.3 Å². The van der Waals surface area contributed by atoms with Gasteiger partial charge in [-0.05, 0) is 11.8 Å². The minimum absolute atomic E-state index is 0.0179. The van der Waals surface area contributed by atoms with Crippen LogP contribution in [0.15, 0.2) is 12.7 Å². The summed E-state index contributed by atoms with van der Waals surface area (Å²) in [5.74, 6) is -0.354. The first-order valence-corrected chi connectivity index (χ1v) is 6.88. The maximum atomic E-state index is 11.9. The summed E-state index contributed by atoms with van der Waals surface area (Å²) in [6.45, 7) is 9.89. The summed E-state index contributed by atoms with van der Waals surface area (Å²) in [7, 11) is 1.35. The van der Waals surface area contributed by atoms with Gasteiger partial charge in [0.2, 0.25) is 6.41 Å². The van der Waals surface area contributed by atoms with Crippen LogP contribution in [0.3, 0.4) is 0 Å². The molecule has 1 fully saturated rings. The topological polar surface area (TPSA) is 46.6 Å². The molecule has 1 aliphatic heterocycles. The summed E-state index contributed by atoms with van der Waals surface area (Å²) in [6, 6.07) is -0.514. The van der Waals surface area contributed by atoms with Gasteiger partial charge in [0.25, 0.3) is 0 Å². The zero-order valence-corrected chi connectivity index (χ0v) is 12.2. The molecule has 0 aromatic rings. The van der Waals surface area contributed by atoms with Crippen molar-refractivity contribution in [2.45, 2.75) is 43.9 Å². The Hall–Kier alpha value is -0.970. The van der Waals surface area contributed by atoms with Crippen molar-refractivity contribution in [2.24, 2.45) is 5.41 Å². The second-order valence-corrected chi connectivity index (χ2v) is 6.76. The molecule has 1 heterocycles. The first-order valence-electron chi connectivity index (χ1n) is 5.93. The fraction of sp³-hybridized carbons (Fsp3) is 0.692. The van der Waals surface area contributed by atoms with Crippen molar-refractivity contribution in [3.8, 4) is 0 Å². The Morgan fingerprint density at radius 2 is 2.11 bits per heavy atom. The van der Waals surface area contributed by atoms with Crippen molar-refractivity contribution in [2.75, 3.05) is 7.11 Å². The Morgan fingerprint density at radius 3 is 2.50 bits per heavy atom. The van der Waals surface area contributed by atoms with Crippen molar-refractivity contribution in [1.29, 1.82) is 0 Å². The maximum Gasteiger partial charge on any atom is 0.329 e. The summed E-state index contributed by atoms with van der Waals surface area (Å²) >= 11 is 1.65. The lowest BCUT2D eigenvalue weighted by atomic mass is 9.94. The van der Waals surface area contributed by atoms with E-state index in [4.69, 9.17) is 4.74 Å². The van der Waals surface area contributed by atoms with Gasteiger partial charge in [0.05, 0.1) is 12.5 Å². The molecule has 0 N–H and O–H groups in total. The van der Waals surface area contributed by atoms with Gasteiger partial charge in [-0.2, -0.15) is 0 Å². The fourth-order valence-corrected chi connectivity index (χ4v) is 3.87. The van der Waals surface area contributed by atoms with Crippen LogP contribution in [0.2, 0.25) is 0 Å². The SMILES string of the molecule is C=CCC1S[C@H](C(C)(C)C)N(C=O)[C@@H]1C(=O)OC. The summed E-state index contributed by atoms with van der Waals surface area (Å²) in [6.07, 6.45) is 3.22. The van der Waals surface area contributed by atoms with Crippen LogP contribution in [0.5, 0.6) is 0 Å². The van der Waals surface area contributed by atoms with Crippen molar-refractivity contribution in [1.82, 2.24) is 4.90 Å². The first-order chi connectivity index (χ1) is 8.36. The number of ether oxygens (including phenoxy) is 1. The van der Waals surface area contributed by atoms with E-state index in [1.165, 1.54) is 7.11 Å². The van der Waals surface area contributed by atoms with Crippen molar-refractivity contribution < 1.29 is 14.3 Å². The number of hydrogen-bond donors (Lipinski definition) is 0. The van der Waals surface area contributed by atoms with E-state index in [0.717, 1.165) is 6.41 Å². The third-order valence-corrected chi connectivity index (χ3v) is 4.96. The zero-order valence-electron chi connectivity index (χ0n) is 11.4. The number of allylic oxidation sites excluding steroid dienone is 1. The van der Waals surface area contributed by atoms with Crippen LogP contribution in [0.4, 0.5) is 0 Å². The van der Waals surface area contributed by atoms with E-state index in [1.54, 1.807) is 22.7 Å². The molecular formula is C13H21NO3S. The van der Waals surface area contributed by atoms with Crippen LogP contribution in [-0.4, -0.2) is 41.1 Å². The van der Waals surface area contributed by atoms with Gasteiger partial charge in [-0.25, -0.2) is 4.79 Å². The normalized spacial score (nSPS) is 28.0. The van der Waals surface area contributed by atoms with E-state index in [-0.39, 0.29) is 22.0 Å². The molecule has 0 radical (unpaired) electrons. The lowest BCUT2D eigenvalue weighted by Crippen LogP contribution is -2.47. The molecule has 102 valence electrons. The Morgan fingerprint density at radius 1 is 1.50 bits per heavy atom. The molecule has 3 atom stereocenters. The number of methoxy groups -OCH3 is 1. The lowest BCUT2D eigenvalue weighted by molar-refractivity contribution is -0.150. The molecule has 1 amide bonds. The molecule has 0 aliphatic carbocycles. The molecule has 0 aromatic heterocycles. The first kappa shape index (κ1) is 15.1. The highest BCUT2D eigenvalue weighted by Crippen LogP contribution is 2.45. The van der Waals surface area contributed by atoms with Gasteiger partial charge in [0, 0.05) is 5.25 Å². The third-order valence-electron chi connectivity index (χ3n) is 2.95. The molecular weight excluding hydrogens is 250 g/mol. The molecule has 1 saturated heterocycles. The number of nitrogens with zero attached hydrogens (tertiary/aromatic N) is 1. The maximum absolute atomic E-state index is 11.9. The highest BCUT2D eigenvalue weighted by molar-refractivity contribution is 8.00. The van der Waals surface area contributed by atoms with Crippen molar-refractivity contribution >= 4 is 24.1 Å². The molecule has 18 heavy (non-hydrogen) atoms. The van der Waals surface area contributed by atoms with Crippen LogP contribution in [0.25, 0.3) is 0 Å². The Labute approximate surface area is 113 Å². The molecule has 5 heteroatoms. The van der Waals surface area contributed by atoms with E-state index in [0.29, 0.717) is 6.42 Å². The van der Waals surface area contributed by atoms with Gasteiger partial charge in [-0.3, -0.25) is 4.79 Å². The molecule has 0 bridgehead atoms. The minimum Gasteiger partial charge on any atom is -0.467 e. The second kappa shape index (κ2) is 5.78. The van der Waals surface area contributed by atoms with Crippen molar-refractivity contribution in [3.05, 3.63) is 12.7 Å². The van der Waals surface area contributed by atoms with E-state index < -0.39 is 6.04 Å². The summed E-state index contributed by atoms with van der Waals surface area (Å²) in [4.78, 5) is 24.8. The monoisotopic (exact) mass is 271 g/mol. The second-order valence-electron chi connectivity index (χ2n) is 5.44. The average Bonchev–Trinajstić information content (AvgIpc) is 2.67. The Balaban J connectivity index is 3.05. The van der Waals surface area contributed by atoms with Crippen LogP contribution >= 0.6 is 11.8 Å². The fourth-order valence-electron chi connectivity index (χ4n) is 2.16. The molecule has 1 rings (SSSR count). The number of rotatable bonds is 4. The lowest BCUT2D eigenvalue weighted by Gasteiger charge is -2.33. The predicted octanol–water partition coefficient (Wildman–Crippen LogP) is 2.05. The molecule has 0 spiro atoms. The highest BCUT2D eigenvalue weighted by Gasteiger charge is 2.49. The van der Waals surface area contributed by atoms with E-state index >= 15 is 0 Å². The van der Waals surface area contributed by atoms with Gasteiger partial charge in [-0.15, -0.1) is 18.3 Å². The van der Waals surface area contributed by atoms with E-state index in [1.807, 2.05) is 0 Å². The zero-order chi connectivity index (χ0) is 13.9. The van der Waals surface area contributed by atoms with Crippen molar-refractivity contribution in [3.63, 3.8) is 0 Å².